The molecule has 0 saturated heterocycles. The Labute approximate surface area is 84.3 Å². The number of H-pyrrole nitrogens is 1. The van der Waals surface area contributed by atoms with Gasteiger partial charge in [-0.15, -0.1) is 0 Å². The first-order valence-electron chi connectivity index (χ1n) is 3.95. The molecule has 5 nitrogen and oxygen atoms in total. The monoisotopic (exact) mass is 210 g/mol. The number of aromatic amines is 1. The second-order valence-electron chi connectivity index (χ2n) is 2.72. The highest BCUT2D eigenvalue weighted by Gasteiger charge is 2.14. The maximum atomic E-state index is 11.4. The molecule has 2 heterocycles. The first-order chi connectivity index (χ1) is 6.74. The van der Waals surface area contributed by atoms with Gasteiger partial charge in [0.1, 0.15) is 17.1 Å². The number of hydrogen-bond acceptors (Lipinski definition) is 4. The van der Waals surface area contributed by atoms with Gasteiger partial charge in [-0.05, 0) is 0 Å². The van der Waals surface area contributed by atoms with Gasteiger partial charge in [-0.1, -0.05) is 11.6 Å². The van der Waals surface area contributed by atoms with Crippen LogP contribution in [0.15, 0.2) is 12.5 Å². The smallest absolute Gasteiger partial charge is 0.178 e. The summed E-state index contributed by atoms with van der Waals surface area (Å²) < 4.78 is 0. The van der Waals surface area contributed by atoms with E-state index in [4.69, 9.17) is 17.3 Å². The Kier molecular flexibility index (Phi) is 2.18. The molecular weight excluding hydrogens is 204 g/mol. The van der Waals surface area contributed by atoms with Crippen LogP contribution in [0.4, 0.5) is 0 Å². The fourth-order valence-corrected chi connectivity index (χ4v) is 1.49. The summed E-state index contributed by atoms with van der Waals surface area (Å²) in [7, 11) is 0. The lowest BCUT2D eigenvalue weighted by molar-refractivity contribution is 0.100. The number of halogens is 1. The Morgan fingerprint density at radius 3 is 3.07 bits per heavy atom. The summed E-state index contributed by atoms with van der Waals surface area (Å²) in [4.78, 5) is 21.9. The fraction of sp³-hybridized carbons (Fsp3) is 0.125. The van der Waals surface area contributed by atoms with Crippen LogP contribution in [-0.2, 0) is 0 Å². The summed E-state index contributed by atoms with van der Waals surface area (Å²) in [5, 5.41) is 0.790. The lowest BCUT2D eigenvalue weighted by Gasteiger charge is -1.95. The second-order valence-corrected chi connectivity index (χ2v) is 3.08. The second kappa shape index (κ2) is 3.36. The number of Topliss-reactive ketones (excluding diaryl/α,β-unsaturated/α-hetero) is 1. The normalized spacial score (nSPS) is 10.7. The number of fused-ring (bicyclic) bond motifs is 1. The van der Waals surface area contributed by atoms with E-state index in [0.717, 1.165) is 0 Å². The minimum atomic E-state index is -0.187. The van der Waals surface area contributed by atoms with Crippen molar-refractivity contribution in [3.63, 3.8) is 0 Å². The third kappa shape index (κ3) is 1.26. The molecule has 0 spiro atoms. The molecule has 0 saturated carbocycles. The molecule has 0 radical (unpaired) electrons. The summed E-state index contributed by atoms with van der Waals surface area (Å²) in [6.45, 7) is -0.0574. The largest absolute Gasteiger partial charge is 0.345 e. The van der Waals surface area contributed by atoms with Crippen molar-refractivity contribution >= 4 is 28.4 Å². The number of ketones is 1. The Hall–Kier alpha value is -1.46. The van der Waals surface area contributed by atoms with Gasteiger partial charge >= 0.3 is 0 Å². The predicted octanol–water partition coefficient (Wildman–Crippen LogP) is 0.753. The third-order valence-electron chi connectivity index (χ3n) is 1.91. The van der Waals surface area contributed by atoms with Crippen molar-refractivity contribution in [2.45, 2.75) is 0 Å². The van der Waals surface area contributed by atoms with E-state index in [9.17, 15) is 4.79 Å². The number of aromatic nitrogens is 3. The summed E-state index contributed by atoms with van der Waals surface area (Å²) in [5.74, 6) is -0.187. The summed E-state index contributed by atoms with van der Waals surface area (Å²) in [6.07, 6.45) is 2.87. The Balaban J connectivity index is 2.73. The van der Waals surface area contributed by atoms with E-state index >= 15 is 0 Å². The molecule has 0 aromatic carbocycles. The number of nitrogens with zero attached hydrogens (tertiary/aromatic N) is 2. The van der Waals surface area contributed by atoms with E-state index in [1.165, 1.54) is 6.33 Å². The SMILES string of the molecule is NCC(=O)c1c[nH]c2ncnc(Cl)c12. The summed E-state index contributed by atoms with van der Waals surface area (Å²) in [6, 6.07) is 0. The van der Waals surface area contributed by atoms with E-state index in [-0.39, 0.29) is 17.5 Å². The highest BCUT2D eigenvalue weighted by atomic mass is 35.5. The molecule has 0 unspecified atom stereocenters. The molecule has 3 N–H and O–H groups in total. The van der Waals surface area contributed by atoms with Gasteiger partial charge in [-0.2, -0.15) is 0 Å². The first-order valence-corrected chi connectivity index (χ1v) is 4.32. The van der Waals surface area contributed by atoms with E-state index in [0.29, 0.717) is 16.6 Å². The molecule has 72 valence electrons. The molecule has 2 rings (SSSR count). The van der Waals surface area contributed by atoms with Crippen molar-refractivity contribution in [1.82, 2.24) is 15.0 Å². The van der Waals surface area contributed by atoms with Crippen LogP contribution in [0.2, 0.25) is 5.15 Å². The van der Waals surface area contributed by atoms with Crippen molar-refractivity contribution in [3.05, 3.63) is 23.2 Å². The van der Waals surface area contributed by atoms with Crippen LogP contribution in [-0.4, -0.2) is 27.3 Å². The molecule has 0 atom stereocenters. The Morgan fingerprint density at radius 2 is 2.36 bits per heavy atom. The zero-order chi connectivity index (χ0) is 10.1. The number of rotatable bonds is 2. The zero-order valence-corrected chi connectivity index (χ0v) is 7.88. The third-order valence-corrected chi connectivity index (χ3v) is 2.20. The van der Waals surface area contributed by atoms with Crippen molar-refractivity contribution in [2.24, 2.45) is 5.73 Å². The predicted molar refractivity (Wildman–Crippen MR) is 52.3 cm³/mol. The highest BCUT2D eigenvalue weighted by Crippen LogP contribution is 2.22. The lowest BCUT2D eigenvalue weighted by atomic mass is 10.1. The Bertz CT molecular complexity index is 493. The fourth-order valence-electron chi connectivity index (χ4n) is 1.25. The standard InChI is InChI=1S/C8H7ClN4O/c9-7-6-4(5(14)1-10)2-11-8(6)13-3-12-7/h2-3H,1,10H2,(H,11,12,13). The number of nitrogens with one attached hydrogen (secondary N) is 1. The molecule has 0 aliphatic heterocycles. The minimum absolute atomic E-state index is 0.0574. The van der Waals surface area contributed by atoms with Gasteiger partial charge in [-0.3, -0.25) is 4.79 Å². The van der Waals surface area contributed by atoms with Gasteiger partial charge in [0.25, 0.3) is 0 Å². The van der Waals surface area contributed by atoms with Crippen molar-refractivity contribution in [3.8, 4) is 0 Å². The lowest BCUT2D eigenvalue weighted by Crippen LogP contribution is -2.13. The van der Waals surface area contributed by atoms with E-state index in [1.807, 2.05) is 0 Å². The van der Waals surface area contributed by atoms with Crippen LogP contribution in [0.1, 0.15) is 10.4 Å². The Morgan fingerprint density at radius 1 is 1.57 bits per heavy atom. The molecule has 0 aliphatic rings. The van der Waals surface area contributed by atoms with Gasteiger partial charge < -0.3 is 10.7 Å². The first kappa shape index (κ1) is 9.11. The quantitative estimate of drug-likeness (QED) is 0.566. The molecule has 2 aromatic rings. The molecule has 6 heteroatoms. The van der Waals surface area contributed by atoms with Crippen molar-refractivity contribution in [1.29, 1.82) is 0 Å². The summed E-state index contributed by atoms with van der Waals surface area (Å²) >= 11 is 5.84. The molecule has 2 aromatic heterocycles. The van der Waals surface area contributed by atoms with Crippen molar-refractivity contribution < 1.29 is 4.79 Å². The van der Waals surface area contributed by atoms with Crippen LogP contribution >= 0.6 is 11.6 Å². The molecule has 0 amide bonds. The minimum Gasteiger partial charge on any atom is -0.345 e. The zero-order valence-electron chi connectivity index (χ0n) is 7.12. The van der Waals surface area contributed by atoms with E-state index in [2.05, 4.69) is 15.0 Å². The maximum absolute atomic E-state index is 11.4. The van der Waals surface area contributed by atoms with Gasteiger partial charge in [-0.25, -0.2) is 9.97 Å². The van der Waals surface area contributed by atoms with Gasteiger partial charge in [0.05, 0.1) is 11.9 Å². The summed E-state index contributed by atoms with van der Waals surface area (Å²) in [5.41, 5.74) is 6.24. The van der Waals surface area contributed by atoms with E-state index in [1.54, 1.807) is 6.20 Å². The molecule has 0 aliphatic carbocycles. The molecule has 0 fully saturated rings. The maximum Gasteiger partial charge on any atom is 0.178 e. The molecule has 0 bridgehead atoms. The van der Waals surface area contributed by atoms with Gasteiger partial charge in [0.15, 0.2) is 5.78 Å². The average molecular weight is 211 g/mol. The van der Waals surface area contributed by atoms with Crippen LogP contribution in [0.3, 0.4) is 0 Å². The molecular formula is C8H7ClN4O. The van der Waals surface area contributed by atoms with E-state index < -0.39 is 0 Å². The van der Waals surface area contributed by atoms with Crippen molar-refractivity contribution in [2.75, 3.05) is 6.54 Å². The number of nitrogens with two attached hydrogens (primary N) is 1. The van der Waals surface area contributed by atoms with Crippen LogP contribution in [0, 0.1) is 0 Å². The number of carbonyl (C=O) groups excluding carboxylic acids is 1. The van der Waals surface area contributed by atoms with Crippen LogP contribution < -0.4 is 5.73 Å². The van der Waals surface area contributed by atoms with Gasteiger partial charge in [0, 0.05) is 11.8 Å². The van der Waals surface area contributed by atoms with Gasteiger partial charge in [0.2, 0.25) is 0 Å². The topological polar surface area (TPSA) is 84.7 Å². The number of carbonyl (C=O) groups is 1. The van der Waals surface area contributed by atoms with Crippen LogP contribution in [0.25, 0.3) is 11.0 Å². The average Bonchev–Trinajstić information content (AvgIpc) is 2.62. The van der Waals surface area contributed by atoms with Crippen LogP contribution in [0.5, 0.6) is 0 Å². The highest BCUT2D eigenvalue weighted by molar-refractivity contribution is 6.35. The molecule has 14 heavy (non-hydrogen) atoms. The number of hydrogen-bond donors (Lipinski definition) is 2.